The van der Waals surface area contributed by atoms with Crippen molar-refractivity contribution in [2.45, 2.75) is 72.1 Å². The predicted molar refractivity (Wildman–Crippen MR) is 78.2 cm³/mol. The minimum Gasteiger partial charge on any atom is -0.481 e. The maximum atomic E-state index is 11.7. The van der Waals surface area contributed by atoms with E-state index in [0.29, 0.717) is 12.2 Å². The maximum absolute atomic E-state index is 11.7. The van der Waals surface area contributed by atoms with Gasteiger partial charge in [0, 0.05) is 18.3 Å². The Labute approximate surface area is 117 Å². The molecule has 0 aromatic heterocycles. The van der Waals surface area contributed by atoms with Crippen LogP contribution >= 0.6 is 0 Å². The highest BCUT2D eigenvalue weighted by Gasteiger charge is 2.19. The van der Waals surface area contributed by atoms with Crippen molar-refractivity contribution in [1.29, 1.82) is 0 Å². The van der Waals surface area contributed by atoms with Gasteiger partial charge in [0.1, 0.15) is 5.78 Å². The molecule has 0 amide bonds. The number of rotatable bonds is 10. The summed E-state index contributed by atoms with van der Waals surface area (Å²) in [4.78, 5) is 21.9. The summed E-state index contributed by atoms with van der Waals surface area (Å²) in [6.45, 7) is 5.88. The molecule has 19 heavy (non-hydrogen) atoms. The van der Waals surface area contributed by atoms with Crippen LogP contribution in [0.1, 0.15) is 72.1 Å². The lowest BCUT2D eigenvalue weighted by Gasteiger charge is -2.15. The van der Waals surface area contributed by atoms with Crippen LogP contribution in [0.25, 0.3) is 0 Å². The van der Waals surface area contributed by atoms with Crippen molar-refractivity contribution >= 4 is 11.8 Å². The smallest absolute Gasteiger partial charge is 0.303 e. The number of allylic oxidation sites excluding steroid dienone is 2. The van der Waals surface area contributed by atoms with Gasteiger partial charge in [-0.1, -0.05) is 39.3 Å². The van der Waals surface area contributed by atoms with E-state index in [1.165, 1.54) is 0 Å². The topological polar surface area (TPSA) is 54.4 Å². The quantitative estimate of drug-likeness (QED) is 0.473. The first kappa shape index (κ1) is 17.9. The molecule has 0 bridgehead atoms. The van der Waals surface area contributed by atoms with Crippen LogP contribution in [0, 0.1) is 5.41 Å². The second kappa shape index (κ2) is 9.76. The Morgan fingerprint density at radius 2 is 1.47 bits per heavy atom. The van der Waals surface area contributed by atoms with Crippen LogP contribution in [-0.4, -0.2) is 16.9 Å². The molecule has 110 valence electrons. The van der Waals surface area contributed by atoms with E-state index in [0.717, 1.165) is 38.5 Å². The van der Waals surface area contributed by atoms with Crippen LogP contribution in [0.15, 0.2) is 12.2 Å². The van der Waals surface area contributed by atoms with Crippen molar-refractivity contribution in [3.63, 3.8) is 0 Å². The Morgan fingerprint density at radius 1 is 0.895 bits per heavy atom. The van der Waals surface area contributed by atoms with Crippen molar-refractivity contribution in [3.8, 4) is 0 Å². The lowest BCUT2D eigenvalue weighted by Crippen LogP contribution is -2.19. The highest BCUT2D eigenvalue weighted by molar-refractivity contribution is 5.83. The van der Waals surface area contributed by atoms with E-state index < -0.39 is 5.97 Å². The van der Waals surface area contributed by atoms with Gasteiger partial charge >= 0.3 is 5.97 Å². The summed E-state index contributed by atoms with van der Waals surface area (Å²) in [5.41, 5.74) is -0.214. The van der Waals surface area contributed by atoms with Crippen molar-refractivity contribution in [3.05, 3.63) is 12.2 Å². The molecule has 0 aliphatic carbocycles. The average Bonchev–Trinajstić information content (AvgIpc) is 2.29. The lowest BCUT2D eigenvalue weighted by molar-refractivity contribution is -0.137. The molecule has 0 aromatic rings. The van der Waals surface area contributed by atoms with E-state index in [1.54, 1.807) is 0 Å². The SMILES string of the molecule is CC(C)(C)C(=O)CCC/C=C\CCCCCC(=O)O. The molecule has 0 atom stereocenters. The number of carboxylic acid groups (broad SMARTS) is 1. The van der Waals surface area contributed by atoms with Gasteiger partial charge in [-0.25, -0.2) is 0 Å². The summed E-state index contributed by atoms with van der Waals surface area (Å²) in [6.07, 6.45) is 10.9. The molecule has 3 heteroatoms. The van der Waals surface area contributed by atoms with E-state index in [9.17, 15) is 9.59 Å². The molecule has 0 aliphatic heterocycles. The van der Waals surface area contributed by atoms with E-state index in [-0.39, 0.29) is 11.8 Å². The fraction of sp³-hybridized carbons (Fsp3) is 0.750. The minimum atomic E-state index is -0.709. The monoisotopic (exact) mass is 268 g/mol. The zero-order chi connectivity index (χ0) is 14.7. The summed E-state index contributed by atoms with van der Waals surface area (Å²) in [7, 11) is 0. The first-order valence-electron chi connectivity index (χ1n) is 7.24. The Morgan fingerprint density at radius 3 is 2.00 bits per heavy atom. The molecule has 0 spiro atoms. The number of hydrogen-bond acceptors (Lipinski definition) is 2. The van der Waals surface area contributed by atoms with Crippen molar-refractivity contribution < 1.29 is 14.7 Å². The Kier molecular flexibility index (Phi) is 9.19. The molecule has 0 saturated carbocycles. The molecule has 0 aromatic carbocycles. The summed E-state index contributed by atoms with van der Waals surface area (Å²) in [5.74, 6) is -0.381. The van der Waals surface area contributed by atoms with Gasteiger partial charge in [0.15, 0.2) is 0 Å². The molecule has 0 aliphatic rings. The normalized spacial score (nSPS) is 11.9. The average molecular weight is 268 g/mol. The van der Waals surface area contributed by atoms with Gasteiger partial charge in [-0.15, -0.1) is 0 Å². The second-order valence-electron chi connectivity index (χ2n) is 6.03. The van der Waals surface area contributed by atoms with Crippen molar-refractivity contribution in [2.75, 3.05) is 0 Å². The fourth-order valence-electron chi connectivity index (χ4n) is 1.71. The zero-order valence-corrected chi connectivity index (χ0v) is 12.6. The largest absolute Gasteiger partial charge is 0.481 e. The Bertz CT molecular complexity index is 298. The number of hydrogen-bond donors (Lipinski definition) is 1. The third-order valence-corrected chi connectivity index (χ3v) is 3.04. The van der Waals surface area contributed by atoms with Gasteiger partial charge in [0.25, 0.3) is 0 Å². The van der Waals surface area contributed by atoms with Gasteiger partial charge in [0.2, 0.25) is 0 Å². The number of ketones is 1. The van der Waals surface area contributed by atoms with Gasteiger partial charge < -0.3 is 5.11 Å². The van der Waals surface area contributed by atoms with Gasteiger partial charge in [-0.05, 0) is 32.1 Å². The summed E-state index contributed by atoms with van der Waals surface area (Å²) >= 11 is 0. The molecule has 0 radical (unpaired) electrons. The summed E-state index contributed by atoms with van der Waals surface area (Å²) in [6, 6.07) is 0. The molecular weight excluding hydrogens is 240 g/mol. The highest BCUT2D eigenvalue weighted by Crippen LogP contribution is 2.18. The van der Waals surface area contributed by atoms with Crippen molar-refractivity contribution in [2.24, 2.45) is 5.41 Å². The number of carbonyl (C=O) groups excluding carboxylic acids is 1. The van der Waals surface area contributed by atoms with Crippen LogP contribution in [0.5, 0.6) is 0 Å². The van der Waals surface area contributed by atoms with Crippen LogP contribution in [0.2, 0.25) is 0 Å². The third-order valence-electron chi connectivity index (χ3n) is 3.04. The molecular formula is C16H28O3. The maximum Gasteiger partial charge on any atom is 0.303 e. The molecule has 0 heterocycles. The van der Waals surface area contributed by atoms with E-state index in [2.05, 4.69) is 12.2 Å². The molecule has 0 rings (SSSR count). The number of carbonyl (C=O) groups is 2. The van der Waals surface area contributed by atoms with E-state index in [4.69, 9.17) is 5.11 Å². The van der Waals surface area contributed by atoms with Crippen LogP contribution in [-0.2, 0) is 9.59 Å². The molecule has 0 fully saturated rings. The van der Waals surface area contributed by atoms with Crippen LogP contribution in [0.3, 0.4) is 0 Å². The van der Waals surface area contributed by atoms with Gasteiger partial charge in [-0.3, -0.25) is 9.59 Å². The summed E-state index contributed by atoms with van der Waals surface area (Å²) in [5, 5.41) is 8.47. The molecule has 0 saturated heterocycles. The number of unbranched alkanes of at least 4 members (excludes halogenated alkanes) is 4. The lowest BCUT2D eigenvalue weighted by atomic mass is 9.88. The Balaban J connectivity index is 3.40. The predicted octanol–water partition coefficient (Wildman–Crippen LogP) is 4.36. The van der Waals surface area contributed by atoms with Crippen LogP contribution in [0.4, 0.5) is 0 Å². The molecule has 0 unspecified atom stereocenters. The van der Waals surface area contributed by atoms with Gasteiger partial charge in [0.05, 0.1) is 0 Å². The minimum absolute atomic E-state index is 0.214. The van der Waals surface area contributed by atoms with E-state index >= 15 is 0 Å². The standard InChI is InChI=1S/C16H28O3/c1-16(2,3)14(17)12-10-8-6-4-5-7-9-11-13-15(18)19/h4,6H,5,7-13H2,1-3H3,(H,18,19)/b6-4-. The van der Waals surface area contributed by atoms with Crippen LogP contribution < -0.4 is 0 Å². The number of carboxylic acids is 1. The molecule has 3 nitrogen and oxygen atoms in total. The first-order valence-corrected chi connectivity index (χ1v) is 7.24. The summed E-state index contributed by atoms with van der Waals surface area (Å²) < 4.78 is 0. The first-order chi connectivity index (χ1) is 8.84. The van der Waals surface area contributed by atoms with Gasteiger partial charge in [-0.2, -0.15) is 0 Å². The third kappa shape index (κ3) is 11.7. The highest BCUT2D eigenvalue weighted by atomic mass is 16.4. The van der Waals surface area contributed by atoms with Crippen molar-refractivity contribution in [1.82, 2.24) is 0 Å². The van der Waals surface area contributed by atoms with E-state index in [1.807, 2.05) is 20.8 Å². The molecule has 1 N–H and O–H groups in total. The second-order valence-corrected chi connectivity index (χ2v) is 6.03. The number of Topliss-reactive ketones (excluding diaryl/α,β-unsaturated/α-hetero) is 1. The Hall–Kier alpha value is -1.12. The fourth-order valence-corrected chi connectivity index (χ4v) is 1.71. The number of aliphatic carboxylic acids is 1. The zero-order valence-electron chi connectivity index (χ0n) is 12.6.